The zero-order chi connectivity index (χ0) is 13.7. The Morgan fingerprint density at radius 2 is 2.32 bits per heavy atom. The van der Waals surface area contributed by atoms with Gasteiger partial charge in [-0.15, -0.1) is 0 Å². The molecule has 1 aromatic carbocycles. The van der Waals surface area contributed by atoms with Crippen LogP contribution in [0.1, 0.15) is 25.3 Å². The molecule has 1 N–H and O–H groups in total. The van der Waals surface area contributed by atoms with Crippen molar-refractivity contribution in [2.24, 2.45) is 5.92 Å². The minimum atomic E-state index is 0.513. The zero-order valence-electron chi connectivity index (χ0n) is 11.3. The second-order valence-electron chi connectivity index (χ2n) is 5.12. The summed E-state index contributed by atoms with van der Waals surface area (Å²) >= 11 is 9.76. The SMILES string of the molecule is CCCNC1CCOCC1Cc1ccc(Br)cc1Cl. The maximum atomic E-state index is 6.31. The van der Waals surface area contributed by atoms with Gasteiger partial charge in [0, 0.05) is 28.1 Å². The molecule has 0 bridgehead atoms. The van der Waals surface area contributed by atoms with E-state index in [1.165, 1.54) is 12.0 Å². The second-order valence-corrected chi connectivity index (χ2v) is 6.45. The first kappa shape index (κ1) is 15.3. The van der Waals surface area contributed by atoms with Crippen molar-refractivity contribution in [3.8, 4) is 0 Å². The van der Waals surface area contributed by atoms with E-state index in [9.17, 15) is 0 Å². The lowest BCUT2D eigenvalue weighted by Crippen LogP contribution is -2.44. The molecule has 0 spiro atoms. The van der Waals surface area contributed by atoms with E-state index in [1.807, 2.05) is 6.07 Å². The summed E-state index contributed by atoms with van der Waals surface area (Å²) in [5.41, 5.74) is 1.21. The van der Waals surface area contributed by atoms with Crippen LogP contribution in [-0.4, -0.2) is 25.8 Å². The quantitative estimate of drug-likeness (QED) is 0.868. The lowest BCUT2D eigenvalue weighted by Gasteiger charge is -2.32. The molecule has 2 unspecified atom stereocenters. The van der Waals surface area contributed by atoms with Crippen molar-refractivity contribution in [3.05, 3.63) is 33.3 Å². The first-order chi connectivity index (χ1) is 9.20. The second kappa shape index (κ2) is 7.63. The lowest BCUT2D eigenvalue weighted by molar-refractivity contribution is 0.0323. The van der Waals surface area contributed by atoms with E-state index in [0.29, 0.717) is 12.0 Å². The van der Waals surface area contributed by atoms with Crippen LogP contribution in [0.2, 0.25) is 5.02 Å². The van der Waals surface area contributed by atoms with E-state index >= 15 is 0 Å². The van der Waals surface area contributed by atoms with E-state index in [1.54, 1.807) is 0 Å². The summed E-state index contributed by atoms with van der Waals surface area (Å²) in [5, 5.41) is 4.48. The van der Waals surface area contributed by atoms with Crippen molar-refractivity contribution in [1.29, 1.82) is 0 Å². The van der Waals surface area contributed by atoms with Crippen LogP contribution in [0.3, 0.4) is 0 Å². The van der Waals surface area contributed by atoms with Gasteiger partial charge < -0.3 is 10.1 Å². The summed E-state index contributed by atoms with van der Waals surface area (Å²) in [6.45, 7) is 4.97. The third kappa shape index (κ3) is 4.45. The van der Waals surface area contributed by atoms with Crippen molar-refractivity contribution in [1.82, 2.24) is 5.32 Å². The van der Waals surface area contributed by atoms with Crippen LogP contribution in [0.15, 0.2) is 22.7 Å². The van der Waals surface area contributed by atoms with Gasteiger partial charge >= 0.3 is 0 Å². The number of hydrogen-bond acceptors (Lipinski definition) is 2. The molecule has 106 valence electrons. The number of ether oxygens (including phenoxy) is 1. The van der Waals surface area contributed by atoms with Crippen LogP contribution in [0.5, 0.6) is 0 Å². The Labute approximate surface area is 129 Å². The fourth-order valence-corrected chi connectivity index (χ4v) is 3.32. The van der Waals surface area contributed by atoms with Crippen molar-refractivity contribution in [2.75, 3.05) is 19.8 Å². The summed E-state index contributed by atoms with van der Waals surface area (Å²) in [7, 11) is 0. The molecule has 2 atom stereocenters. The monoisotopic (exact) mass is 345 g/mol. The Hall–Kier alpha value is -0.0900. The fraction of sp³-hybridized carbons (Fsp3) is 0.600. The first-order valence-corrected chi connectivity index (χ1v) is 8.13. The van der Waals surface area contributed by atoms with Crippen LogP contribution in [-0.2, 0) is 11.2 Å². The topological polar surface area (TPSA) is 21.3 Å². The normalized spacial score (nSPS) is 23.5. The molecule has 1 heterocycles. The molecule has 2 nitrogen and oxygen atoms in total. The summed E-state index contributed by atoms with van der Waals surface area (Å²) in [6.07, 6.45) is 3.25. The molecule has 19 heavy (non-hydrogen) atoms. The highest BCUT2D eigenvalue weighted by atomic mass is 79.9. The maximum Gasteiger partial charge on any atom is 0.0512 e. The third-order valence-corrected chi connectivity index (χ3v) is 4.47. The van der Waals surface area contributed by atoms with Crippen molar-refractivity contribution in [3.63, 3.8) is 0 Å². The summed E-state index contributed by atoms with van der Waals surface area (Å²) < 4.78 is 6.67. The maximum absolute atomic E-state index is 6.31. The van der Waals surface area contributed by atoms with Crippen LogP contribution in [0.25, 0.3) is 0 Å². The Bertz CT molecular complexity index is 413. The molecule has 0 saturated carbocycles. The summed E-state index contributed by atoms with van der Waals surface area (Å²) in [6, 6.07) is 6.68. The van der Waals surface area contributed by atoms with Gasteiger partial charge in [0.2, 0.25) is 0 Å². The average Bonchev–Trinajstić information content (AvgIpc) is 2.41. The van der Waals surface area contributed by atoms with E-state index in [-0.39, 0.29) is 0 Å². The molecule has 0 aliphatic carbocycles. The van der Waals surface area contributed by atoms with Gasteiger partial charge in [-0.2, -0.15) is 0 Å². The first-order valence-electron chi connectivity index (χ1n) is 6.95. The summed E-state index contributed by atoms with van der Waals surface area (Å²) in [5.74, 6) is 0.513. The highest BCUT2D eigenvalue weighted by molar-refractivity contribution is 9.10. The molecule has 0 amide bonds. The average molecular weight is 347 g/mol. The predicted molar refractivity (Wildman–Crippen MR) is 83.9 cm³/mol. The Morgan fingerprint density at radius 1 is 1.47 bits per heavy atom. The minimum Gasteiger partial charge on any atom is -0.381 e. The van der Waals surface area contributed by atoms with Crippen LogP contribution < -0.4 is 5.32 Å². The van der Waals surface area contributed by atoms with Gasteiger partial charge in [0.1, 0.15) is 0 Å². The number of hydrogen-bond donors (Lipinski definition) is 1. The van der Waals surface area contributed by atoms with Crippen LogP contribution in [0.4, 0.5) is 0 Å². The molecule has 0 aromatic heterocycles. The van der Waals surface area contributed by atoms with Crippen LogP contribution >= 0.6 is 27.5 Å². The number of benzene rings is 1. The lowest BCUT2D eigenvalue weighted by atomic mass is 9.89. The molecule has 1 fully saturated rings. The molecule has 1 aliphatic rings. The van der Waals surface area contributed by atoms with Gasteiger partial charge in [-0.3, -0.25) is 0 Å². The van der Waals surface area contributed by atoms with Gasteiger partial charge in [0.15, 0.2) is 0 Å². The van der Waals surface area contributed by atoms with Crippen LogP contribution in [0, 0.1) is 5.92 Å². The van der Waals surface area contributed by atoms with Gasteiger partial charge in [-0.1, -0.05) is 40.5 Å². The Morgan fingerprint density at radius 3 is 3.05 bits per heavy atom. The molecule has 1 aromatic rings. The summed E-state index contributed by atoms with van der Waals surface area (Å²) in [4.78, 5) is 0. The number of halogens is 2. The van der Waals surface area contributed by atoms with Gasteiger partial charge in [-0.25, -0.2) is 0 Å². The Kier molecular flexibility index (Phi) is 6.14. The van der Waals surface area contributed by atoms with Gasteiger partial charge in [-0.05, 0) is 43.5 Å². The Balaban J connectivity index is 2.02. The molecule has 2 rings (SSSR count). The van der Waals surface area contributed by atoms with E-state index in [0.717, 1.165) is 42.1 Å². The third-order valence-electron chi connectivity index (χ3n) is 3.63. The van der Waals surface area contributed by atoms with Crippen molar-refractivity contribution < 1.29 is 4.74 Å². The molecular weight excluding hydrogens is 326 g/mol. The van der Waals surface area contributed by atoms with Crippen molar-refractivity contribution >= 4 is 27.5 Å². The molecule has 4 heteroatoms. The van der Waals surface area contributed by atoms with E-state index < -0.39 is 0 Å². The molecule has 1 aliphatic heterocycles. The predicted octanol–water partition coefficient (Wildman–Crippen LogP) is 4.05. The minimum absolute atomic E-state index is 0.513. The molecule has 1 saturated heterocycles. The highest BCUT2D eigenvalue weighted by Gasteiger charge is 2.25. The fourth-order valence-electron chi connectivity index (χ4n) is 2.57. The smallest absolute Gasteiger partial charge is 0.0512 e. The number of nitrogens with one attached hydrogen (secondary N) is 1. The number of rotatable bonds is 5. The highest BCUT2D eigenvalue weighted by Crippen LogP contribution is 2.26. The van der Waals surface area contributed by atoms with Gasteiger partial charge in [0.25, 0.3) is 0 Å². The van der Waals surface area contributed by atoms with Crippen molar-refractivity contribution in [2.45, 2.75) is 32.2 Å². The van der Waals surface area contributed by atoms with E-state index in [4.69, 9.17) is 16.3 Å². The van der Waals surface area contributed by atoms with Gasteiger partial charge in [0.05, 0.1) is 6.61 Å². The zero-order valence-corrected chi connectivity index (χ0v) is 13.6. The standard InChI is InChI=1S/C15H21BrClNO/c1-2-6-18-15-5-7-19-10-12(15)8-11-3-4-13(16)9-14(11)17/h3-4,9,12,15,18H,2,5-8,10H2,1H3. The molecular formula is C15H21BrClNO. The largest absolute Gasteiger partial charge is 0.381 e. The van der Waals surface area contributed by atoms with E-state index in [2.05, 4.69) is 40.3 Å². The molecule has 0 radical (unpaired) electrons.